The molecule has 3 heterocycles. The minimum Gasteiger partial charge on any atom is -0.465 e. The van der Waals surface area contributed by atoms with E-state index in [0.717, 1.165) is 24.0 Å². The summed E-state index contributed by atoms with van der Waals surface area (Å²) in [5.74, 6) is -0.248. The van der Waals surface area contributed by atoms with Gasteiger partial charge in [-0.3, -0.25) is 0 Å². The normalized spacial score (nSPS) is 34.5. The standard InChI is InChI=1S/C15H16FNO3/c16-10-2-1-9-8-20-15(13(9)5-10)6-11-3-4-12(7-15)17(11)14(18)19/h1-2,5,11-12H,3-4,6-8H2,(H,18,19). The van der Waals surface area contributed by atoms with Gasteiger partial charge in [-0.15, -0.1) is 0 Å². The number of ether oxygens (including phenoxy) is 1. The first kappa shape index (κ1) is 12.1. The fourth-order valence-electron chi connectivity index (χ4n) is 4.25. The minimum absolute atomic E-state index is 0.000433. The van der Waals surface area contributed by atoms with E-state index in [1.807, 2.05) is 0 Å². The zero-order chi connectivity index (χ0) is 13.9. The maximum atomic E-state index is 13.6. The van der Waals surface area contributed by atoms with Gasteiger partial charge in [0.15, 0.2) is 0 Å². The molecule has 3 aliphatic heterocycles. The third-order valence-corrected chi connectivity index (χ3v) is 5.04. The molecule has 1 aromatic rings. The number of nitrogens with zero attached hydrogens (tertiary/aromatic N) is 1. The summed E-state index contributed by atoms with van der Waals surface area (Å²) in [5.41, 5.74) is 1.49. The van der Waals surface area contributed by atoms with Crippen LogP contribution in [0.1, 0.15) is 36.8 Å². The molecule has 2 atom stereocenters. The molecule has 2 bridgehead atoms. The maximum absolute atomic E-state index is 13.6. The molecule has 1 spiro atoms. The van der Waals surface area contributed by atoms with Crippen molar-refractivity contribution >= 4 is 6.09 Å². The Morgan fingerprint density at radius 3 is 2.70 bits per heavy atom. The van der Waals surface area contributed by atoms with Crippen molar-refractivity contribution in [2.45, 2.75) is 50.0 Å². The molecule has 2 saturated heterocycles. The van der Waals surface area contributed by atoms with Crippen LogP contribution in [0.5, 0.6) is 0 Å². The summed E-state index contributed by atoms with van der Waals surface area (Å²) >= 11 is 0. The van der Waals surface area contributed by atoms with Crippen LogP contribution in [-0.2, 0) is 16.9 Å². The zero-order valence-corrected chi connectivity index (χ0v) is 11.0. The molecule has 5 heteroatoms. The van der Waals surface area contributed by atoms with Crippen molar-refractivity contribution in [2.75, 3.05) is 0 Å². The monoisotopic (exact) mass is 277 g/mol. The number of amides is 1. The van der Waals surface area contributed by atoms with E-state index < -0.39 is 11.7 Å². The average molecular weight is 277 g/mol. The SMILES string of the molecule is O=C(O)N1C2CCC1CC1(C2)OCc2ccc(F)cc21. The average Bonchev–Trinajstić information content (AvgIpc) is 2.87. The van der Waals surface area contributed by atoms with Gasteiger partial charge in [0.25, 0.3) is 0 Å². The van der Waals surface area contributed by atoms with Gasteiger partial charge in [0.05, 0.1) is 12.2 Å². The molecule has 0 saturated carbocycles. The van der Waals surface area contributed by atoms with Gasteiger partial charge in [-0.1, -0.05) is 6.07 Å². The molecule has 0 radical (unpaired) electrons. The summed E-state index contributed by atoms with van der Waals surface area (Å²) in [7, 11) is 0. The Morgan fingerprint density at radius 1 is 1.35 bits per heavy atom. The van der Waals surface area contributed by atoms with E-state index in [4.69, 9.17) is 4.74 Å². The molecule has 0 aliphatic carbocycles. The van der Waals surface area contributed by atoms with Crippen LogP contribution in [0.15, 0.2) is 18.2 Å². The lowest BCUT2D eigenvalue weighted by atomic mass is 9.80. The molecular weight excluding hydrogens is 261 g/mol. The molecule has 106 valence electrons. The summed E-state index contributed by atoms with van der Waals surface area (Å²) in [5, 5.41) is 9.31. The van der Waals surface area contributed by atoms with Gasteiger partial charge in [-0.25, -0.2) is 9.18 Å². The van der Waals surface area contributed by atoms with Crippen molar-refractivity contribution in [3.63, 3.8) is 0 Å². The number of hydrogen-bond donors (Lipinski definition) is 1. The van der Waals surface area contributed by atoms with E-state index >= 15 is 0 Å². The van der Waals surface area contributed by atoms with Gasteiger partial charge in [-0.05, 0) is 36.1 Å². The predicted molar refractivity (Wildman–Crippen MR) is 68.8 cm³/mol. The molecule has 20 heavy (non-hydrogen) atoms. The second kappa shape index (κ2) is 3.95. The van der Waals surface area contributed by atoms with Crippen molar-refractivity contribution in [3.8, 4) is 0 Å². The number of fused-ring (bicyclic) bond motifs is 4. The summed E-state index contributed by atoms with van der Waals surface area (Å²) in [6.07, 6.45) is 2.21. The van der Waals surface area contributed by atoms with Gasteiger partial charge in [0.1, 0.15) is 5.82 Å². The van der Waals surface area contributed by atoms with Gasteiger partial charge < -0.3 is 14.7 Å². The van der Waals surface area contributed by atoms with E-state index in [0.29, 0.717) is 19.4 Å². The molecule has 1 amide bonds. The second-order valence-corrected chi connectivity index (χ2v) is 6.07. The highest BCUT2D eigenvalue weighted by atomic mass is 19.1. The van der Waals surface area contributed by atoms with Crippen molar-refractivity contribution in [2.24, 2.45) is 0 Å². The van der Waals surface area contributed by atoms with Crippen LogP contribution in [0.3, 0.4) is 0 Å². The summed E-state index contributed by atoms with van der Waals surface area (Å²) < 4.78 is 19.6. The van der Waals surface area contributed by atoms with Gasteiger partial charge >= 0.3 is 6.09 Å². The van der Waals surface area contributed by atoms with Crippen LogP contribution in [0, 0.1) is 5.82 Å². The molecular formula is C15H16FNO3. The first-order chi connectivity index (χ1) is 9.59. The number of rotatable bonds is 0. The molecule has 2 unspecified atom stereocenters. The zero-order valence-electron chi connectivity index (χ0n) is 11.0. The molecule has 1 aromatic carbocycles. The van der Waals surface area contributed by atoms with Crippen LogP contribution in [0.2, 0.25) is 0 Å². The number of benzene rings is 1. The molecule has 4 rings (SSSR count). The Hall–Kier alpha value is -1.62. The van der Waals surface area contributed by atoms with Crippen LogP contribution in [0.4, 0.5) is 9.18 Å². The topological polar surface area (TPSA) is 49.8 Å². The van der Waals surface area contributed by atoms with Crippen molar-refractivity contribution in [3.05, 3.63) is 35.1 Å². The Labute approximate surface area is 116 Å². The molecule has 4 nitrogen and oxygen atoms in total. The van der Waals surface area contributed by atoms with E-state index in [1.165, 1.54) is 6.07 Å². The highest BCUT2D eigenvalue weighted by Crippen LogP contribution is 2.51. The number of piperidine rings is 1. The Morgan fingerprint density at radius 2 is 2.05 bits per heavy atom. The Balaban J connectivity index is 1.73. The third-order valence-electron chi connectivity index (χ3n) is 5.04. The van der Waals surface area contributed by atoms with Crippen molar-refractivity contribution in [1.29, 1.82) is 0 Å². The summed E-state index contributed by atoms with van der Waals surface area (Å²) in [6.45, 7) is 0.502. The molecule has 2 fully saturated rings. The Kier molecular flexibility index (Phi) is 2.40. The van der Waals surface area contributed by atoms with E-state index in [1.54, 1.807) is 17.0 Å². The lowest BCUT2D eigenvalue weighted by Gasteiger charge is -2.43. The largest absolute Gasteiger partial charge is 0.465 e. The van der Waals surface area contributed by atoms with Crippen molar-refractivity contribution < 1.29 is 19.0 Å². The summed E-state index contributed by atoms with van der Waals surface area (Å²) in [4.78, 5) is 12.9. The van der Waals surface area contributed by atoms with Gasteiger partial charge in [-0.2, -0.15) is 0 Å². The lowest BCUT2D eigenvalue weighted by Crippen LogP contribution is -2.51. The lowest BCUT2D eigenvalue weighted by molar-refractivity contribution is -0.0942. The Bertz CT molecular complexity index is 574. The summed E-state index contributed by atoms with van der Waals surface area (Å²) in [6, 6.07) is 4.81. The van der Waals surface area contributed by atoms with Crippen LogP contribution < -0.4 is 0 Å². The van der Waals surface area contributed by atoms with Crippen LogP contribution in [0.25, 0.3) is 0 Å². The molecule has 0 aromatic heterocycles. The highest BCUT2D eigenvalue weighted by molar-refractivity contribution is 5.67. The van der Waals surface area contributed by atoms with Crippen LogP contribution >= 0.6 is 0 Å². The first-order valence-electron chi connectivity index (χ1n) is 7.03. The van der Waals surface area contributed by atoms with Gasteiger partial charge in [0.2, 0.25) is 0 Å². The predicted octanol–water partition coefficient (Wildman–Crippen LogP) is 2.86. The quantitative estimate of drug-likeness (QED) is 0.793. The first-order valence-corrected chi connectivity index (χ1v) is 7.03. The van der Waals surface area contributed by atoms with Gasteiger partial charge in [0, 0.05) is 24.9 Å². The fraction of sp³-hybridized carbons (Fsp3) is 0.533. The number of halogens is 1. The number of carbonyl (C=O) groups is 1. The van der Waals surface area contributed by atoms with E-state index in [9.17, 15) is 14.3 Å². The third kappa shape index (κ3) is 1.53. The highest BCUT2D eigenvalue weighted by Gasteiger charge is 2.54. The van der Waals surface area contributed by atoms with Crippen molar-refractivity contribution in [1.82, 2.24) is 4.90 Å². The second-order valence-electron chi connectivity index (χ2n) is 6.07. The fourth-order valence-corrected chi connectivity index (χ4v) is 4.25. The van der Waals surface area contributed by atoms with E-state index in [2.05, 4.69) is 0 Å². The smallest absolute Gasteiger partial charge is 0.407 e. The number of carboxylic acid groups (broad SMARTS) is 1. The molecule has 1 N–H and O–H groups in total. The maximum Gasteiger partial charge on any atom is 0.407 e. The minimum atomic E-state index is -0.843. The molecule has 3 aliphatic rings. The number of hydrogen-bond acceptors (Lipinski definition) is 2. The van der Waals surface area contributed by atoms with E-state index in [-0.39, 0.29) is 17.9 Å². The van der Waals surface area contributed by atoms with Crippen LogP contribution in [-0.4, -0.2) is 28.2 Å².